The maximum absolute atomic E-state index is 11.2. The van der Waals surface area contributed by atoms with Crippen molar-refractivity contribution in [2.75, 3.05) is 13.6 Å². The molecule has 3 unspecified atom stereocenters. The summed E-state index contributed by atoms with van der Waals surface area (Å²) in [5.41, 5.74) is 3.51. The van der Waals surface area contributed by atoms with E-state index in [0.29, 0.717) is 16.9 Å². The van der Waals surface area contributed by atoms with Gasteiger partial charge in [0.2, 0.25) is 12.2 Å². The molecule has 1 aliphatic heterocycles. The second-order valence-corrected chi connectivity index (χ2v) is 11.3. The van der Waals surface area contributed by atoms with E-state index in [1.54, 1.807) is 6.34 Å². The summed E-state index contributed by atoms with van der Waals surface area (Å²) in [5.74, 6) is 1.11. The third-order valence-electron chi connectivity index (χ3n) is 8.26. The predicted molar refractivity (Wildman–Crippen MR) is 123 cm³/mol. The molecule has 0 amide bonds. The number of carboxylic acids is 1. The van der Waals surface area contributed by atoms with E-state index in [1.165, 1.54) is 36.0 Å². The number of carbonyl (C=O) groups is 1. The summed E-state index contributed by atoms with van der Waals surface area (Å²) >= 11 is 0. The van der Waals surface area contributed by atoms with Crippen molar-refractivity contribution in [3.63, 3.8) is 0 Å². The first kappa shape index (κ1) is 21.7. The highest BCUT2D eigenvalue weighted by atomic mass is 16.4. The number of aryl methyl sites for hydroxylation is 1. The smallest absolute Gasteiger partial charge is 0.315 e. The fraction of sp³-hybridized carbons (Fsp3) is 0.640. The lowest BCUT2D eigenvalue weighted by Crippen LogP contribution is -2.58. The minimum absolute atomic E-state index is 0.101. The Morgan fingerprint density at radius 2 is 2.00 bits per heavy atom. The van der Waals surface area contributed by atoms with Crippen LogP contribution in [0, 0.1) is 24.2 Å². The van der Waals surface area contributed by atoms with Crippen LogP contribution in [0.25, 0.3) is 0 Å². The van der Waals surface area contributed by atoms with Gasteiger partial charge in [0.25, 0.3) is 0 Å². The van der Waals surface area contributed by atoms with Gasteiger partial charge in [-0.1, -0.05) is 28.4 Å². The normalized spacial score (nSPS) is 37.2. The van der Waals surface area contributed by atoms with Gasteiger partial charge in [-0.25, -0.2) is 4.48 Å². The number of nitrogens with one attached hydrogen (secondary N) is 1. The van der Waals surface area contributed by atoms with Crippen molar-refractivity contribution in [3.8, 4) is 0 Å². The van der Waals surface area contributed by atoms with Crippen LogP contribution in [0.3, 0.4) is 0 Å². The van der Waals surface area contributed by atoms with E-state index in [-0.39, 0.29) is 11.8 Å². The van der Waals surface area contributed by atoms with Crippen molar-refractivity contribution in [2.24, 2.45) is 27.5 Å². The molecule has 4 bridgehead atoms. The van der Waals surface area contributed by atoms with Crippen molar-refractivity contribution in [2.45, 2.75) is 70.6 Å². The van der Waals surface area contributed by atoms with Crippen LogP contribution < -0.4 is 5.32 Å². The standard InChI is InChI=1S/C25H34N4O3/c1-17-5-18(3-4-21(17)13-29(2)16-27-28-22(29)7-23(30)31)12-26-15-24-8-19-6-20(9-24)11-25(32,10-19)14-24/h3-5,16,19-20,26,32H,6-15H2,1-2H3/p+1. The van der Waals surface area contributed by atoms with Gasteiger partial charge in [0, 0.05) is 18.7 Å². The van der Waals surface area contributed by atoms with Crippen molar-refractivity contribution < 1.29 is 19.5 Å². The number of amidine groups is 1. The molecule has 7 heteroatoms. The van der Waals surface area contributed by atoms with Crippen LogP contribution >= 0.6 is 0 Å². The number of rotatable bonds is 8. The highest BCUT2D eigenvalue weighted by Gasteiger charge is 2.56. The molecule has 7 nitrogen and oxygen atoms in total. The molecule has 3 N–H and O–H groups in total. The average Bonchev–Trinajstić information content (AvgIpc) is 3.01. The summed E-state index contributed by atoms with van der Waals surface area (Å²) in [4.78, 5) is 11.2. The number of quaternary nitrogens is 1. The van der Waals surface area contributed by atoms with E-state index < -0.39 is 11.6 Å². The lowest BCUT2D eigenvalue weighted by Gasteiger charge is -2.60. The van der Waals surface area contributed by atoms with E-state index in [2.05, 4.69) is 40.6 Å². The third-order valence-corrected chi connectivity index (χ3v) is 8.26. The summed E-state index contributed by atoms with van der Waals surface area (Å²) in [6.45, 7) is 4.57. The van der Waals surface area contributed by atoms with Gasteiger partial charge in [-0.05, 0) is 73.8 Å². The first-order valence-electron chi connectivity index (χ1n) is 11.9. The Labute approximate surface area is 189 Å². The lowest BCUT2D eigenvalue weighted by molar-refractivity contribution is -0.731. The Kier molecular flexibility index (Phi) is 5.26. The molecular formula is C25H35N4O3+. The van der Waals surface area contributed by atoms with Crippen LogP contribution in [-0.4, -0.2) is 52.0 Å². The lowest BCUT2D eigenvalue weighted by atomic mass is 9.48. The number of aliphatic hydroxyl groups is 1. The van der Waals surface area contributed by atoms with Crippen molar-refractivity contribution in [1.82, 2.24) is 5.32 Å². The Morgan fingerprint density at radius 1 is 1.25 bits per heavy atom. The van der Waals surface area contributed by atoms with Crippen LogP contribution in [0.5, 0.6) is 0 Å². The molecule has 6 rings (SSSR count). The SMILES string of the molecule is Cc1cc(CNCC23CC4CC(CC(O)(C4)C2)C3)ccc1C[N+]1(C)C=NN=C1CC(=O)O. The first-order chi connectivity index (χ1) is 15.2. The number of hydrogen-bond acceptors (Lipinski definition) is 5. The summed E-state index contributed by atoms with van der Waals surface area (Å²) in [6.07, 6.45) is 8.49. The highest BCUT2D eigenvalue weighted by molar-refractivity contribution is 5.97. The highest BCUT2D eigenvalue weighted by Crippen LogP contribution is 2.61. The zero-order valence-corrected chi connectivity index (χ0v) is 19.2. The molecule has 1 aromatic carbocycles. The maximum atomic E-state index is 11.2. The van der Waals surface area contributed by atoms with Crippen LogP contribution in [0.2, 0.25) is 0 Å². The first-order valence-corrected chi connectivity index (χ1v) is 11.9. The monoisotopic (exact) mass is 439 g/mol. The molecule has 0 radical (unpaired) electrons. The number of hydrogen-bond donors (Lipinski definition) is 3. The molecule has 4 fully saturated rings. The van der Waals surface area contributed by atoms with Gasteiger partial charge in [0.1, 0.15) is 13.0 Å². The van der Waals surface area contributed by atoms with Gasteiger partial charge in [0.15, 0.2) is 0 Å². The molecule has 4 saturated carbocycles. The van der Waals surface area contributed by atoms with Crippen molar-refractivity contribution >= 4 is 18.1 Å². The minimum atomic E-state index is -0.886. The number of aliphatic carboxylic acids is 1. The molecule has 0 aromatic heterocycles. The van der Waals surface area contributed by atoms with Gasteiger partial charge in [-0.15, -0.1) is 0 Å². The molecular weight excluding hydrogens is 404 g/mol. The van der Waals surface area contributed by atoms with Crippen molar-refractivity contribution in [3.05, 3.63) is 34.9 Å². The Balaban J connectivity index is 1.20. The van der Waals surface area contributed by atoms with Gasteiger partial charge in [0.05, 0.1) is 12.6 Å². The third kappa shape index (κ3) is 4.14. The second kappa shape index (κ2) is 7.75. The quantitative estimate of drug-likeness (QED) is 0.542. The van der Waals surface area contributed by atoms with Gasteiger partial charge >= 0.3 is 5.97 Å². The fourth-order valence-corrected chi connectivity index (χ4v) is 7.34. The zero-order valence-electron chi connectivity index (χ0n) is 19.2. The summed E-state index contributed by atoms with van der Waals surface area (Å²) in [7, 11) is 1.95. The van der Waals surface area contributed by atoms with Crippen LogP contribution in [-0.2, 0) is 17.9 Å². The molecule has 3 atom stereocenters. The molecule has 1 heterocycles. The Hall–Kier alpha value is -2.09. The largest absolute Gasteiger partial charge is 0.481 e. The Bertz CT molecular complexity index is 973. The predicted octanol–water partition coefficient (Wildman–Crippen LogP) is 3.19. The van der Waals surface area contributed by atoms with Crippen LogP contribution in [0.4, 0.5) is 0 Å². The molecule has 5 aliphatic rings. The number of carboxylic acid groups (broad SMARTS) is 1. The molecule has 0 spiro atoms. The average molecular weight is 440 g/mol. The summed E-state index contributed by atoms with van der Waals surface area (Å²) in [6, 6.07) is 6.53. The molecule has 4 aliphatic carbocycles. The van der Waals surface area contributed by atoms with E-state index >= 15 is 0 Å². The molecule has 172 valence electrons. The van der Waals surface area contributed by atoms with E-state index in [0.717, 1.165) is 44.2 Å². The molecule has 32 heavy (non-hydrogen) atoms. The Morgan fingerprint density at radius 3 is 2.66 bits per heavy atom. The van der Waals surface area contributed by atoms with E-state index in [4.69, 9.17) is 5.11 Å². The second-order valence-electron chi connectivity index (χ2n) is 11.3. The van der Waals surface area contributed by atoms with Gasteiger partial charge < -0.3 is 15.5 Å². The summed E-state index contributed by atoms with van der Waals surface area (Å²) in [5, 5.41) is 31.9. The van der Waals surface area contributed by atoms with E-state index in [9.17, 15) is 9.90 Å². The number of nitrogens with zero attached hydrogens (tertiary/aromatic N) is 3. The molecule has 1 aromatic rings. The number of benzene rings is 1. The van der Waals surface area contributed by atoms with E-state index in [1.807, 2.05) is 7.05 Å². The van der Waals surface area contributed by atoms with Crippen LogP contribution in [0.1, 0.15) is 61.6 Å². The topological polar surface area (TPSA) is 94.3 Å². The zero-order chi connectivity index (χ0) is 22.6. The molecule has 0 saturated heterocycles. The van der Waals surface area contributed by atoms with Crippen LogP contribution in [0.15, 0.2) is 28.4 Å². The van der Waals surface area contributed by atoms with Gasteiger partial charge in [-0.2, -0.15) is 0 Å². The van der Waals surface area contributed by atoms with Gasteiger partial charge in [-0.3, -0.25) is 4.79 Å². The maximum Gasteiger partial charge on any atom is 0.315 e. The minimum Gasteiger partial charge on any atom is -0.481 e. The summed E-state index contributed by atoms with van der Waals surface area (Å²) < 4.78 is 0.304. The fourth-order valence-electron chi connectivity index (χ4n) is 7.34. The van der Waals surface area contributed by atoms with Crippen molar-refractivity contribution in [1.29, 1.82) is 0 Å².